The summed E-state index contributed by atoms with van der Waals surface area (Å²) in [6, 6.07) is 0. The second-order valence-corrected chi connectivity index (χ2v) is 5.03. The van der Waals surface area contributed by atoms with E-state index in [0.717, 1.165) is 0 Å². The predicted octanol–water partition coefficient (Wildman–Crippen LogP) is 1.50. The van der Waals surface area contributed by atoms with E-state index in [-0.39, 0.29) is 0 Å². The van der Waals surface area contributed by atoms with E-state index >= 15 is 0 Å². The van der Waals surface area contributed by atoms with Gasteiger partial charge in [-0.05, 0) is 13.8 Å². The number of thiazole rings is 1. The minimum Gasteiger partial charge on any atom is -0.481 e. The third-order valence-electron chi connectivity index (χ3n) is 2.48. The van der Waals surface area contributed by atoms with Crippen LogP contribution in [-0.2, 0) is 16.8 Å². The fourth-order valence-electron chi connectivity index (χ4n) is 1.18. The average molecular weight is 268 g/mol. The first kappa shape index (κ1) is 12.5. The summed E-state index contributed by atoms with van der Waals surface area (Å²) in [6.45, 7) is 3.62. The Labute approximate surface area is 107 Å². The lowest BCUT2D eigenvalue weighted by molar-refractivity contribution is -0.142. The zero-order valence-corrected chi connectivity index (χ0v) is 10.7. The van der Waals surface area contributed by atoms with E-state index in [1.54, 1.807) is 19.2 Å². The standard InChI is InChI=1S/C10H12N4O3S/c1-10(2,8(15)16)6-4-18-9(13-6)11-3-7-12-5-17-14-7/h4-5H,3H2,1-2H3,(H,11,13)(H,15,16). The topological polar surface area (TPSA) is 101 Å². The Kier molecular flexibility index (Phi) is 3.28. The Bertz CT molecular complexity index is 535. The number of aromatic nitrogens is 3. The molecule has 2 aromatic rings. The number of rotatable bonds is 5. The first-order valence-corrected chi connectivity index (χ1v) is 6.06. The molecule has 0 aliphatic carbocycles. The molecule has 0 aliphatic heterocycles. The summed E-state index contributed by atoms with van der Waals surface area (Å²) in [7, 11) is 0. The molecule has 2 heterocycles. The van der Waals surface area contributed by atoms with Crippen molar-refractivity contribution in [2.75, 3.05) is 5.32 Å². The van der Waals surface area contributed by atoms with Gasteiger partial charge in [-0.3, -0.25) is 4.79 Å². The van der Waals surface area contributed by atoms with Crippen LogP contribution < -0.4 is 5.32 Å². The molecule has 0 bridgehead atoms. The van der Waals surface area contributed by atoms with Crippen LogP contribution in [-0.4, -0.2) is 26.2 Å². The number of carboxylic acids is 1. The number of hydrogen-bond donors (Lipinski definition) is 2. The minimum atomic E-state index is -0.997. The molecule has 8 heteroatoms. The average Bonchev–Trinajstić information content (AvgIpc) is 2.97. The molecule has 2 aromatic heterocycles. The summed E-state index contributed by atoms with van der Waals surface area (Å²) in [5.41, 5.74) is -0.474. The van der Waals surface area contributed by atoms with Crippen molar-refractivity contribution in [2.24, 2.45) is 0 Å². The van der Waals surface area contributed by atoms with Gasteiger partial charge in [0.2, 0.25) is 6.39 Å². The molecule has 18 heavy (non-hydrogen) atoms. The van der Waals surface area contributed by atoms with Gasteiger partial charge in [-0.15, -0.1) is 11.3 Å². The van der Waals surface area contributed by atoms with Gasteiger partial charge < -0.3 is 14.9 Å². The highest BCUT2D eigenvalue weighted by molar-refractivity contribution is 7.13. The highest BCUT2D eigenvalue weighted by Crippen LogP contribution is 2.27. The van der Waals surface area contributed by atoms with Gasteiger partial charge in [0.05, 0.1) is 12.2 Å². The fourth-order valence-corrected chi connectivity index (χ4v) is 2.05. The number of hydrogen-bond acceptors (Lipinski definition) is 7. The molecular formula is C10H12N4O3S. The molecule has 2 N–H and O–H groups in total. The van der Waals surface area contributed by atoms with Gasteiger partial charge in [-0.1, -0.05) is 5.16 Å². The lowest BCUT2D eigenvalue weighted by Crippen LogP contribution is -2.28. The molecule has 0 saturated carbocycles. The summed E-state index contributed by atoms with van der Waals surface area (Å²) >= 11 is 1.34. The van der Waals surface area contributed by atoms with E-state index in [4.69, 9.17) is 5.11 Å². The summed E-state index contributed by atoms with van der Waals surface area (Å²) in [4.78, 5) is 19.2. The van der Waals surface area contributed by atoms with Crippen LogP contribution in [0.3, 0.4) is 0 Å². The molecule has 0 spiro atoms. The third kappa shape index (κ3) is 2.48. The van der Waals surface area contributed by atoms with E-state index in [9.17, 15) is 4.79 Å². The Balaban J connectivity index is 2.04. The van der Waals surface area contributed by atoms with E-state index in [1.165, 1.54) is 17.7 Å². The lowest BCUT2D eigenvalue weighted by Gasteiger charge is -2.15. The van der Waals surface area contributed by atoms with Crippen LogP contribution in [0.1, 0.15) is 25.4 Å². The predicted molar refractivity (Wildman–Crippen MR) is 64.4 cm³/mol. The van der Waals surface area contributed by atoms with Gasteiger partial charge in [0.15, 0.2) is 11.0 Å². The molecule has 0 unspecified atom stereocenters. The molecule has 0 aliphatic rings. The van der Waals surface area contributed by atoms with Crippen molar-refractivity contribution in [1.82, 2.24) is 15.1 Å². The van der Waals surface area contributed by atoms with Gasteiger partial charge in [0, 0.05) is 5.38 Å². The lowest BCUT2D eigenvalue weighted by atomic mass is 9.90. The van der Waals surface area contributed by atoms with Crippen molar-refractivity contribution >= 4 is 22.4 Å². The normalized spacial score (nSPS) is 11.4. The van der Waals surface area contributed by atoms with Gasteiger partial charge >= 0.3 is 5.97 Å². The zero-order chi connectivity index (χ0) is 13.2. The maximum absolute atomic E-state index is 11.1. The monoisotopic (exact) mass is 268 g/mol. The second-order valence-electron chi connectivity index (χ2n) is 4.17. The van der Waals surface area contributed by atoms with Crippen molar-refractivity contribution < 1.29 is 14.4 Å². The minimum absolute atomic E-state index is 0.386. The van der Waals surface area contributed by atoms with Crippen molar-refractivity contribution in [3.8, 4) is 0 Å². The Hall–Kier alpha value is -1.96. The Morgan fingerprint density at radius 1 is 1.61 bits per heavy atom. The van der Waals surface area contributed by atoms with Gasteiger partial charge in [0.1, 0.15) is 5.41 Å². The van der Waals surface area contributed by atoms with Gasteiger partial charge in [-0.25, -0.2) is 4.98 Å². The smallest absolute Gasteiger partial charge is 0.315 e. The SMILES string of the molecule is CC(C)(C(=O)O)c1csc(NCc2ncon2)n1. The van der Waals surface area contributed by atoms with E-state index < -0.39 is 11.4 Å². The summed E-state index contributed by atoms with van der Waals surface area (Å²) < 4.78 is 4.60. The molecule has 96 valence electrons. The summed E-state index contributed by atoms with van der Waals surface area (Å²) in [6.07, 6.45) is 1.25. The van der Waals surface area contributed by atoms with E-state index in [0.29, 0.717) is 23.2 Å². The molecule has 0 amide bonds. The second kappa shape index (κ2) is 4.73. The number of carbonyl (C=O) groups is 1. The highest BCUT2D eigenvalue weighted by atomic mass is 32.1. The first-order valence-electron chi connectivity index (χ1n) is 5.18. The van der Waals surface area contributed by atoms with E-state index in [2.05, 4.69) is 25.0 Å². The van der Waals surface area contributed by atoms with Crippen molar-refractivity contribution in [3.05, 3.63) is 23.3 Å². The summed E-state index contributed by atoms with van der Waals surface area (Å²) in [5.74, 6) is -0.387. The Morgan fingerprint density at radius 3 is 3.00 bits per heavy atom. The molecule has 0 aromatic carbocycles. The first-order chi connectivity index (χ1) is 8.50. The van der Waals surface area contributed by atoms with Gasteiger partial charge in [-0.2, -0.15) is 4.98 Å². The van der Waals surface area contributed by atoms with Crippen molar-refractivity contribution in [2.45, 2.75) is 25.8 Å². The van der Waals surface area contributed by atoms with Crippen LogP contribution in [0.5, 0.6) is 0 Å². The third-order valence-corrected chi connectivity index (χ3v) is 3.28. The fraction of sp³-hybridized carbons (Fsp3) is 0.400. The molecular weight excluding hydrogens is 256 g/mol. The summed E-state index contributed by atoms with van der Waals surface area (Å²) in [5, 5.41) is 18.1. The number of carboxylic acid groups (broad SMARTS) is 1. The zero-order valence-electron chi connectivity index (χ0n) is 9.88. The number of anilines is 1. The molecule has 2 rings (SSSR count). The maximum atomic E-state index is 11.1. The van der Waals surface area contributed by atoms with Crippen LogP contribution in [0.25, 0.3) is 0 Å². The van der Waals surface area contributed by atoms with E-state index in [1.807, 2.05) is 0 Å². The van der Waals surface area contributed by atoms with Crippen LogP contribution in [0.4, 0.5) is 5.13 Å². The highest BCUT2D eigenvalue weighted by Gasteiger charge is 2.32. The van der Waals surface area contributed by atoms with Gasteiger partial charge in [0.25, 0.3) is 0 Å². The quantitative estimate of drug-likeness (QED) is 0.847. The molecule has 0 atom stereocenters. The largest absolute Gasteiger partial charge is 0.481 e. The number of aliphatic carboxylic acids is 1. The van der Waals surface area contributed by atoms with Crippen LogP contribution >= 0.6 is 11.3 Å². The molecule has 0 radical (unpaired) electrons. The Morgan fingerprint density at radius 2 is 2.39 bits per heavy atom. The van der Waals surface area contributed by atoms with Crippen LogP contribution in [0.2, 0.25) is 0 Å². The van der Waals surface area contributed by atoms with Crippen molar-refractivity contribution in [3.63, 3.8) is 0 Å². The molecule has 0 saturated heterocycles. The molecule has 7 nitrogen and oxygen atoms in total. The van der Waals surface area contributed by atoms with Crippen LogP contribution in [0.15, 0.2) is 16.3 Å². The van der Waals surface area contributed by atoms with Crippen LogP contribution in [0, 0.1) is 0 Å². The maximum Gasteiger partial charge on any atom is 0.315 e. The molecule has 0 fully saturated rings. The number of nitrogens with one attached hydrogen (secondary N) is 1. The number of nitrogens with zero attached hydrogens (tertiary/aromatic N) is 3. The van der Waals surface area contributed by atoms with Crippen molar-refractivity contribution in [1.29, 1.82) is 0 Å².